The van der Waals surface area contributed by atoms with Crippen molar-refractivity contribution in [2.45, 2.75) is 26.3 Å². The SMILES string of the molecule is CCOCC(C)(N)c1noc(-c2cccc(C)n2)n1. The van der Waals surface area contributed by atoms with Gasteiger partial charge in [-0.1, -0.05) is 11.2 Å². The van der Waals surface area contributed by atoms with Crippen molar-refractivity contribution < 1.29 is 9.26 Å². The van der Waals surface area contributed by atoms with Crippen molar-refractivity contribution in [1.82, 2.24) is 15.1 Å². The summed E-state index contributed by atoms with van der Waals surface area (Å²) in [5.41, 5.74) is 6.87. The lowest BCUT2D eigenvalue weighted by atomic mass is 10.1. The Morgan fingerprint density at radius 1 is 1.37 bits per heavy atom. The molecule has 1 atom stereocenters. The normalized spacial score (nSPS) is 14.3. The maximum Gasteiger partial charge on any atom is 0.276 e. The van der Waals surface area contributed by atoms with E-state index in [1.54, 1.807) is 6.92 Å². The van der Waals surface area contributed by atoms with Crippen molar-refractivity contribution in [2.24, 2.45) is 5.73 Å². The summed E-state index contributed by atoms with van der Waals surface area (Å²) in [6.45, 7) is 6.55. The molecule has 2 N–H and O–H groups in total. The van der Waals surface area contributed by atoms with Crippen LogP contribution in [0.15, 0.2) is 22.7 Å². The highest BCUT2D eigenvalue weighted by atomic mass is 16.5. The number of aryl methyl sites for hydroxylation is 1. The molecule has 0 aromatic carbocycles. The van der Waals surface area contributed by atoms with Gasteiger partial charge < -0.3 is 15.0 Å². The molecule has 0 aliphatic carbocycles. The van der Waals surface area contributed by atoms with E-state index in [1.165, 1.54) is 0 Å². The molecular weight excluding hydrogens is 244 g/mol. The second-order valence-corrected chi connectivity index (χ2v) is 4.64. The Kier molecular flexibility index (Phi) is 3.92. The summed E-state index contributed by atoms with van der Waals surface area (Å²) in [7, 11) is 0. The Labute approximate surface area is 112 Å². The van der Waals surface area contributed by atoms with Gasteiger partial charge in [-0.05, 0) is 32.9 Å². The largest absolute Gasteiger partial charge is 0.379 e. The van der Waals surface area contributed by atoms with Gasteiger partial charge in [-0.2, -0.15) is 4.98 Å². The van der Waals surface area contributed by atoms with Gasteiger partial charge in [0.2, 0.25) is 0 Å². The predicted molar refractivity (Wildman–Crippen MR) is 70.3 cm³/mol. The van der Waals surface area contributed by atoms with E-state index < -0.39 is 5.54 Å². The molecule has 0 saturated carbocycles. The van der Waals surface area contributed by atoms with E-state index in [1.807, 2.05) is 32.0 Å². The number of ether oxygens (including phenoxy) is 1. The Bertz CT molecular complexity index is 551. The van der Waals surface area contributed by atoms with Crippen LogP contribution in [0.2, 0.25) is 0 Å². The molecule has 0 spiro atoms. The summed E-state index contributed by atoms with van der Waals surface area (Å²) in [5, 5.41) is 3.92. The van der Waals surface area contributed by atoms with Gasteiger partial charge >= 0.3 is 0 Å². The Balaban J connectivity index is 2.23. The van der Waals surface area contributed by atoms with E-state index in [-0.39, 0.29) is 0 Å². The molecule has 102 valence electrons. The third-order valence-corrected chi connectivity index (χ3v) is 2.65. The minimum atomic E-state index is -0.776. The van der Waals surface area contributed by atoms with Gasteiger partial charge in [0.05, 0.1) is 6.61 Å². The topological polar surface area (TPSA) is 87.1 Å². The van der Waals surface area contributed by atoms with Gasteiger partial charge in [0.15, 0.2) is 5.82 Å². The number of nitrogens with zero attached hydrogens (tertiary/aromatic N) is 3. The second-order valence-electron chi connectivity index (χ2n) is 4.64. The number of aromatic nitrogens is 3. The zero-order valence-electron chi connectivity index (χ0n) is 11.4. The van der Waals surface area contributed by atoms with Gasteiger partial charge in [-0.15, -0.1) is 0 Å². The van der Waals surface area contributed by atoms with Gasteiger partial charge in [-0.25, -0.2) is 4.98 Å². The lowest BCUT2D eigenvalue weighted by Crippen LogP contribution is -2.39. The van der Waals surface area contributed by atoms with Crippen LogP contribution in [0.3, 0.4) is 0 Å². The molecule has 2 heterocycles. The molecule has 1 unspecified atom stereocenters. The molecule has 0 aliphatic heterocycles. The van der Waals surface area contributed by atoms with Crippen molar-refractivity contribution in [2.75, 3.05) is 13.2 Å². The summed E-state index contributed by atoms with van der Waals surface area (Å²) in [4.78, 5) is 8.63. The van der Waals surface area contributed by atoms with Crippen LogP contribution in [-0.2, 0) is 10.3 Å². The van der Waals surface area contributed by atoms with E-state index in [0.717, 1.165) is 5.69 Å². The van der Waals surface area contributed by atoms with E-state index in [0.29, 0.717) is 30.6 Å². The van der Waals surface area contributed by atoms with E-state index in [2.05, 4.69) is 15.1 Å². The molecule has 2 rings (SSSR count). The molecule has 0 radical (unpaired) electrons. The van der Waals surface area contributed by atoms with Crippen LogP contribution in [0.1, 0.15) is 25.4 Å². The minimum Gasteiger partial charge on any atom is -0.379 e. The van der Waals surface area contributed by atoms with Gasteiger partial charge in [0, 0.05) is 12.3 Å². The number of hydrogen-bond donors (Lipinski definition) is 1. The van der Waals surface area contributed by atoms with Crippen molar-refractivity contribution in [3.63, 3.8) is 0 Å². The summed E-state index contributed by atoms with van der Waals surface area (Å²) in [5.74, 6) is 0.783. The van der Waals surface area contributed by atoms with Crippen LogP contribution in [0.25, 0.3) is 11.6 Å². The maximum atomic E-state index is 6.12. The fourth-order valence-electron chi connectivity index (χ4n) is 1.60. The number of pyridine rings is 1. The molecule has 0 amide bonds. The number of hydrogen-bond acceptors (Lipinski definition) is 6. The third-order valence-electron chi connectivity index (χ3n) is 2.65. The van der Waals surface area contributed by atoms with Crippen LogP contribution in [0.4, 0.5) is 0 Å². The molecule has 0 bridgehead atoms. The van der Waals surface area contributed by atoms with E-state index >= 15 is 0 Å². The Morgan fingerprint density at radius 2 is 2.16 bits per heavy atom. The van der Waals surface area contributed by atoms with Crippen molar-refractivity contribution in [3.8, 4) is 11.6 Å². The van der Waals surface area contributed by atoms with Gasteiger partial charge in [0.1, 0.15) is 11.2 Å². The summed E-state index contributed by atoms with van der Waals surface area (Å²) >= 11 is 0. The third kappa shape index (κ3) is 3.15. The predicted octanol–water partition coefficient (Wildman–Crippen LogP) is 1.65. The highest BCUT2D eigenvalue weighted by Crippen LogP contribution is 2.20. The first kappa shape index (κ1) is 13.6. The first-order valence-corrected chi connectivity index (χ1v) is 6.18. The van der Waals surface area contributed by atoms with Crippen LogP contribution in [0, 0.1) is 6.92 Å². The highest BCUT2D eigenvalue weighted by Gasteiger charge is 2.28. The lowest BCUT2D eigenvalue weighted by molar-refractivity contribution is 0.0962. The minimum absolute atomic E-state index is 0.337. The van der Waals surface area contributed by atoms with Crippen LogP contribution in [0.5, 0.6) is 0 Å². The van der Waals surface area contributed by atoms with Crippen LogP contribution in [-0.4, -0.2) is 28.3 Å². The van der Waals surface area contributed by atoms with E-state index in [4.69, 9.17) is 15.0 Å². The summed E-state index contributed by atoms with van der Waals surface area (Å²) in [6, 6.07) is 5.62. The first-order chi connectivity index (χ1) is 9.03. The number of rotatable bonds is 5. The zero-order valence-corrected chi connectivity index (χ0v) is 11.4. The molecule has 0 saturated heterocycles. The van der Waals surface area contributed by atoms with Crippen molar-refractivity contribution >= 4 is 0 Å². The quantitative estimate of drug-likeness (QED) is 0.881. The Hall–Kier alpha value is -1.79. The molecule has 6 nitrogen and oxygen atoms in total. The average Bonchev–Trinajstić information content (AvgIpc) is 2.87. The smallest absolute Gasteiger partial charge is 0.276 e. The second kappa shape index (κ2) is 5.46. The maximum absolute atomic E-state index is 6.12. The molecule has 6 heteroatoms. The first-order valence-electron chi connectivity index (χ1n) is 6.18. The van der Waals surface area contributed by atoms with Crippen molar-refractivity contribution in [3.05, 3.63) is 29.7 Å². The molecular formula is C13H18N4O2. The van der Waals surface area contributed by atoms with Crippen molar-refractivity contribution in [1.29, 1.82) is 0 Å². The van der Waals surface area contributed by atoms with E-state index in [9.17, 15) is 0 Å². The van der Waals surface area contributed by atoms with Gasteiger partial charge in [-0.3, -0.25) is 0 Å². The monoisotopic (exact) mass is 262 g/mol. The highest BCUT2D eigenvalue weighted by molar-refractivity contribution is 5.46. The van der Waals surface area contributed by atoms with Crippen LogP contribution < -0.4 is 5.73 Å². The summed E-state index contributed by atoms with van der Waals surface area (Å²) < 4.78 is 10.5. The Morgan fingerprint density at radius 3 is 2.84 bits per heavy atom. The molecule has 19 heavy (non-hydrogen) atoms. The fourth-order valence-corrected chi connectivity index (χ4v) is 1.60. The lowest BCUT2D eigenvalue weighted by Gasteiger charge is -2.19. The number of nitrogens with two attached hydrogens (primary N) is 1. The molecule has 0 fully saturated rings. The summed E-state index contributed by atoms with van der Waals surface area (Å²) in [6.07, 6.45) is 0. The van der Waals surface area contributed by atoms with Crippen LogP contribution >= 0.6 is 0 Å². The zero-order chi connectivity index (χ0) is 13.9. The van der Waals surface area contributed by atoms with Gasteiger partial charge in [0.25, 0.3) is 5.89 Å². The fraction of sp³-hybridized carbons (Fsp3) is 0.462. The molecule has 2 aromatic rings. The molecule has 2 aromatic heterocycles. The average molecular weight is 262 g/mol. The standard InChI is InChI=1S/C13H18N4O2/c1-4-18-8-13(3,14)12-16-11(19-17-12)10-7-5-6-9(2)15-10/h5-7H,4,8,14H2,1-3H3. The molecule has 0 aliphatic rings.